The van der Waals surface area contributed by atoms with Crippen LogP contribution in [-0.2, 0) is 6.18 Å². The molecule has 1 aromatic carbocycles. The highest BCUT2D eigenvalue weighted by molar-refractivity contribution is 5.59. The zero-order valence-corrected chi connectivity index (χ0v) is 14.2. The molecular formula is C18H17F3N6. The molecule has 0 saturated carbocycles. The highest BCUT2D eigenvalue weighted by Crippen LogP contribution is 2.29. The van der Waals surface area contributed by atoms with E-state index in [-0.39, 0.29) is 0 Å². The molecule has 1 aliphatic rings. The van der Waals surface area contributed by atoms with Gasteiger partial charge < -0.3 is 10.6 Å². The lowest BCUT2D eigenvalue weighted by Gasteiger charge is -2.11. The van der Waals surface area contributed by atoms with Gasteiger partial charge in [0.25, 0.3) is 0 Å². The average molecular weight is 374 g/mol. The lowest BCUT2D eigenvalue weighted by Crippen LogP contribution is -2.22. The van der Waals surface area contributed by atoms with Crippen LogP contribution in [0.3, 0.4) is 0 Å². The largest absolute Gasteiger partial charge is 0.416 e. The molecule has 2 aromatic heterocycles. The van der Waals surface area contributed by atoms with E-state index in [0.29, 0.717) is 23.2 Å². The van der Waals surface area contributed by atoms with Crippen LogP contribution in [-0.4, -0.2) is 38.9 Å². The van der Waals surface area contributed by atoms with Crippen LogP contribution < -0.4 is 10.6 Å². The fourth-order valence-electron chi connectivity index (χ4n) is 2.96. The zero-order chi connectivity index (χ0) is 18.9. The van der Waals surface area contributed by atoms with Crippen LogP contribution in [0.15, 0.2) is 49.1 Å². The van der Waals surface area contributed by atoms with E-state index >= 15 is 0 Å². The van der Waals surface area contributed by atoms with Crippen molar-refractivity contribution in [1.29, 1.82) is 0 Å². The Morgan fingerprint density at radius 2 is 1.93 bits per heavy atom. The van der Waals surface area contributed by atoms with Gasteiger partial charge in [0, 0.05) is 24.3 Å². The van der Waals surface area contributed by atoms with Gasteiger partial charge in [-0.1, -0.05) is 0 Å². The average Bonchev–Trinajstić information content (AvgIpc) is 3.33. The van der Waals surface area contributed by atoms with E-state index in [1.807, 2.05) is 0 Å². The van der Waals surface area contributed by atoms with Gasteiger partial charge in [0.15, 0.2) is 0 Å². The van der Waals surface area contributed by atoms with Gasteiger partial charge in [-0.2, -0.15) is 18.3 Å². The third kappa shape index (κ3) is 3.92. The summed E-state index contributed by atoms with van der Waals surface area (Å²) in [5, 5.41) is 10.8. The van der Waals surface area contributed by atoms with Gasteiger partial charge in [-0.05, 0) is 37.2 Å². The second kappa shape index (κ2) is 6.99. The van der Waals surface area contributed by atoms with Crippen molar-refractivity contribution in [2.45, 2.75) is 18.6 Å². The topological polar surface area (TPSA) is 67.7 Å². The number of alkyl halides is 3. The maximum Gasteiger partial charge on any atom is 0.416 e. The fraction of sp³-hybridized carbons (Fsp3) is 0.278. The summed E-state index contributed by atoms with van der Waals surface area (Å²) in [5.41, 5.74) is 1.22. The van der Waals surface area contributed by atoms with Crippen molar-refractivity contribution in [2.75, 3.05) is 18.4 Å². The summed E-state index contributed by atoms with van der Waals surface area (Å²) in [6.45, 7) is 1.86. The summed E-state index contributed by atoms with van der Waals surface area (Å²) in [7, 11) is 0. The maximum absolute atomic E-state index is 12.7. The highest BCUT2D eigenvalue weighted by atomic mass is 19.4. The highest BCUT2D eigenvalue weighted by Gasteiger charge is 2.30. The first-order valence-corrected chi connectivity index (χ1v) is 8.51. The first-order chi connectivity index (χ1) is 13.0. The van der Waals surface area contributed by atoms with E-state index in [1.54, 1.807) is 24.8 Å². The number of anilines is 1. The first-order valence-electron chi connectivity index (χ1n) is 8.51. The predicted octanol–water partition coefficient (Wildman–Crippen LogP) is 3.12. The second-order valence-corrected chi connectivity index (χ2v) is 6.34. The molecule has 1 aliphatic heterocycles. The number of rotatable bonds is 4. The normalized spacial score (nSPS) is 17.2. The predicted molar refractivity (Wildman–Crippen MR) is 94.5 cm³/mol. The van der Waals surface area contributed by atoms with Crippen molar-refractivity contribution in [3.8, 4) is 16.9 Å². The molecule has 6 nitrogen and oxygen atoms in total. The van der Waals surface area contributed by atoms with Crippen LogP contribution in [0.5, 0.6) is 0 Å². The van der Waals surface area contributed by atoms with E-state index in [1.165, 1.54) is 16.8 Å². The van der Waals surface area contributed by atoms with E-state index in [9.17, 15) is 13.2 Å². The Labute approximate surface area is 153 Å². The van der Waals surface area contributed by atoms with Crippen molar-refractivity contribution in [3.63, 3.8) is 0 Å². The SMILES string of the molecule is FC(F)(F)c1ccc(-n2cc(-c3cncc(NC4CCNC4)n3)cn2)cc1. The van der Waals surface area contributed by atoms with Crippen LogP contribution in [0.1, 0.15) is 12.0 Å². The first kappa shape index (κ1) is 17.5. The molecule has 4 rings (SSSR count). The van der Waals surface area contributed by atoms with Crippen molar-refractivity contribution >= 4 is 5.82 Å². The van der Waals surface area contributed by atoms with Crippen molar-refractivity contribution < 1.29 is 13.2 Å². The number of halogens is 3. The molecule has 27 heavy (non-hydrogen) atoms. The fourth-order valence-corrected chi connectivity index (χ4v) is 2.96. The van der Waals surface area contributed by atoms with Gasteiger partial charge in [0.05, 0.1) is 35.5 Å². The summed E-state index contributed by atoms with van der Waals surface area (Å²) >= 11 is 0. The summed E-state index contributed by atoms with van der Waals surface area (Å²) in [6.07, 6.45) is 3.30. The summed E-state index contributed by atoms with van der Waals surface area (Å²) in [6, 6.07) is 5.17. The number of nitrogens with zero attached hydrogens (tertiary/aromatic N) is 4. The smallest absolute Gasteiger partial charge is 0.365 e. The van der Waals surface area contributed by atoms with E-state index in [4.69, 9.17) is 0 Å². The Kier molecular flexibility index (Phi) is 4.53. The number of hydrogen-bond acceptors (Lipinski definition) is 5. The molecule has 1 atom stereocenters. The molecule has 0 amide bonds. The molecule has 0 spiro atoms. The van der Waals surface area contributed by atoms with Crippen molar-refractivity contribution in [1.82, 2.24) is 25.1 Å². The van der Waals surface area contributed by atoms with Crippen LogP contribution in [0, 0.1) is 0 Å². The number of nitrogens with one attached hydrogen (secondary N) is 2. The van der Waals surface area contributed by atoms with Crippen LogP contribution in [0.25, 0.3) is 16.9 Å². The van der Waals surface area contributed by atoms with Gasteiger partial charge in [0.2, 0.25) is 0 Å². The number of hydrogen-bond donors (Lipinski definition) is 2. The number of aromatic nitrogens is 4. The Balaban J connectivity index is 1.54. The standard InChI is InChI=1S/C18H17F3N6/c19-18(20,21)13-1-3-15(4-2-13)27-11-12(7-24-27)16-9-23-10-17(26-16)25-14-5-6-22-8-14/h1-4,7,9-11,14,22H,5-6,8H2,(H,25,26). The maximum atomic E-state index is 12.7. The third-order valence-corrected chi connectivity index (χ3v) is 4.38. The quantitative estimate of drug-likeness (QED) is 0.735. The van der Waals surface area contributed by atoms with Crippen LogP contribution >= 0.6 is 0 Å². The molecule has 2 N–H and O–H groups in total. The third-order valence-electron chi connectivity index (χ3n) is 4.38. The molecule has 0 radical (unpaired) electrons. The zero-order valence-electron chi connectivity index (χ0n) is 14.2. The van der Waals surface area contributed by atoms with Crippen LogP contribution in [0.2, 0.25) is 0 Å². The minimum absolute atomic E-state index is 0.324. The number of benzene rings is 1. The lowest BCUT2D eigenvalue weighted by atomic mass is 10.2. The molecule has 140 valence electrons. The van der Waals surface area contributed by atoms with E-state index in [0.717, 1.165) is 37.2 Å². The van der Waals surface area contributed by atoms with Gasteiger partial charge >= 0.3 is 6.18 Å². The molecule has 9 heteroatoms. The molecule has 0 aliphatic carbocycles. The Hall–Kier alpha value is -2.94. The van der Waals surface area contributed by atoms with Gasteiger partial charge in [-0.25, -0.2) is 9.67 Å². The van der Waals surface area contributed by atoms with Crippen LogP contribution in [0.4, 0.5) is 19.0 Å². The van der Waals surface area contributed by atoms with E-state index in [2.05, 4.69) is 25.7 Å². The lowest BCUT2D eigenvalue weighted by molar-refractivity contribution is -0.137. The molecule has 3 heterocycles. The van der Waals surface area contributed by atoms with Gasteiger partial charge in [0.1, 0.15) is 5.82 Å². The molecule has 1 fully saturated rings. The summed E-state index contributed by atoms with van der Waals surface area (Å²) < 4.78 is 39.6. The molecule has 3 aromatic rings. The molecule has 1 unspecified atom stereocenters. The molecule has 0 bridgehead atoms. The summed E-state index contributed by atoms with van der Waals surface area (Å²) in [5.74, 6) is 0.684. The van der Waals surface area contributed by atoms with E-state index < -0.39 is 11.7 Å². The van der Waals surface area contributed by atoms with Crippen molar-refractivity contribution in [2.24, 2.45) is 0 Å². The monoisotopic (exact) mass is 374 g/mol. The van der Waals surface area contributed by atoms with Gasteiger partial charge in [-0.15, -0.1) is 0 Å². The molecule has 1 saturated heterocycles. The Morgan fingerprint density at radius 3 is 2.63 bits per heavy atom. The summed E-state index contributed by atoms with van der Waals surface area (Å²) in [4.78, 5) is 8.77. The van der Waals surface area contributed by atoms with Gasteiger partial charge in [-0.3, -0.25) is 4.98 Å². The Bertz CT molecular complexity index is 913. The molecular weight excluding hydrogens is 357 g/mol. The minimum Gasteiger partial charge on any atom is -0.365 e. The minimum atomic E-state index is -4.36. The Morgan fingerprint density at radius 1 is 1.11 bits per heavy atom. The van der Waals surface area contributed by atoms with Crippen molar-refractivity contribution in [3.05, 3.63) is 54.6 Å². The second-order valence-electron chi connectivity index (χ2n) is 6.34.